The van der Waals surface area contributed by atoms with Gasteiger partial charge in [-0.05, 0) is 35.9 Å². The first-order valence-electron chi connectivity index (χ1n) is 6.19. The number of benzene rings is 2. The molecule has 112 valence electrons. The predicted molar refractivity (Wildman–Crippen MR) is 82.5 cm³/mol. The zero-order valence-corrected chi connectivity index (χ0v) is 12.4. The highest BCUT2D eigenvalue weighted by molar-refractivity contribution is 7.89. The van der Waals surface area contributed by atoms with E-state index in [2.05, 4.69) is 5.32 Å². The first kappa shape index (κ1) is 15.1. The van der Waals surface area contributed by atoms with E-state index in [4.69, 9.17) is 15.6 Å². The molecule has 5 N–H and O–H groups in total. The summed E-state index contributed by atoms with van der Waals surface area (Å²) in [6.07, 6.45) is 0. The van der Waals surface area contributed by atoms with Crippen molar-refractivity contribution in [1.82, 2.24) is 0 Å². The third-order valence-electron chi connectivity index (χ3n) is 2.93. The van der Waals surface area contributed by atoms with Crippen molar-refractivity contribution in [3.8, 4) is 5.75 Å². The molecule has 2 rings (SSSR count). The van der Waals surface area contributed by atoms with E-state index in [1.165, 1.54) is 6.07 Å². The highest BCUT2D eigenvalue weighted by Crippen LogP contribution is 2.23. The summed E-state index contributed by atoms with van der Waals surface area (Å²) in [7, 11) is -2.25. The van der Waals surface area contributed by atoms with Crippen molar-refractivity contribution in [2.75, 3.05) is 18.2 Å². The van der Waals surface area contributed by atoms with Crippen LogP contribution in [0.3, 0.4) is 0 Å². The number of nitrogens with one attached hydrogen (secondary N) is 1. The number of hydrogen-bond donors (Lipinski definition) is 3. The molecule has 0 aliphatic heterocycles. The molecule has 0 saturated carbocycles. The van der Waals surface area contributed by atoms with Crippen molar-refractivity contribution < 1.29 is 13.2 Å². The fourth-order valence-electron chi connectivity index (χ4n) is 1.90. The minimum absolute atomic E-state index is 0.0228. The van der Waals surface area contributed by atoms with E-state index in [1.54, 1.807) is 19.2 Å². The minimum Gasteiger partial charge on any atom is -0.497 e. The van der Waals surface area contributed by atoms with Gasteiger partial charge in [-0.15, -0.1) is 0 Å². The predicted octanol–water partition coefficient (Wildman–Crippen LogP) is 1.54. The van der Waals surface area contributed by atoms with Crippen molar-refractivity contribution in [3.05, 3.63) is 48.0 Å². The quantitative estimate of drug-likeness (QED) is 0.726. The summed E-state index contributed by atoms with van der Waals surface area (Å²) < 4.78 is 28.3. The maximum Gasteiger partial charge on any atom is 0.240 e. The highest BCUT2D eigenvalue weighted by Gasteiger charge is 2.14. The molecule has 0 radical (unpaired) electrons. The van der Waals surface area contributed by atoms with Gasteiger partial charge in [0.05, 0.1) is 12.8 Å². The van der Waals surface area contributed by atoms with Crippen molar-refractivity contribution in [2.45, 2.75) is 11.4 Å². The number of methoxy groups -OCH3 is 1. The number of nitrogen functional groups attached to an aromatic ring is 1. The van der Waals surface area contributed by atoms with Crippen LogP contribution < -0.4 is 20.9 Å². The molecular formula is C14H17N3O3S. The molecule has 0 amide bonds. The van der Waals surface area contributed by atoms with Crippen LogP contribution in [-0.4, -0.2) is 15.5 Å². The van der Waals surface area contributed by atoms with Gasteiger partial charge < -0.3 is 15.8 Å². The Hall–Kier alpha value is -2.25. The summed E-state index contributed by atoms with van der Waals surface area (Å²) in [6, 6.07) is 12.0. The Morgan fingerprint density at radius 1 is 1.19 bits per heavy atom. The number of hydrogen-bond acceptors (Lipinski definition) is 5. The molecule has 0 heterocycles. The lowest BCUT2D eigenvalue weighted by molar-refractivity contribution is 0.414. The summed E-state index contributed by atoms with van der Waals surface area (Å²) in [6.45, 7) is 0.434. The van der Waals surface area contributed by atoms with Crippen LogP contribution in [0.5, 0.6) is 5.75 Å². The lowest BCUT2D eigenvalue weighted by Gasteiger charge is -2.12. The standard InChI is InChI=1S/C14H17N3O3S/c1-20-12-4-2-3-10(7-12)9-17-13-6-5-11(15)8-14(13)21(16,18)19/h2-8,17H,9,15H2,1H3,(H2,16,18,19). The van der Waals surface area contributed by atoms with Gasteiger partial charge in [0.2, 0.25) is 10.0 Å². The number of nitrogens with two attached hydrogens (primary N) is 2. The van der Waals surface area contributed by atoms with Crippen molar-refractivity contribution >= 4 is 21.4 Å². The topological polar surface area (TPSA) is 107 Å². The second-order valence-corrected chi connectivity index (χ2v) is 6.04. The van der Waals surface area contributed by atoms with Crippen LogP contribution in [-0.2, 0) is 16.6 Å². The number of anilines is 2. The Labute approximate surface area is 123 Å². The van der Waals surface area contributed by atoms with Crippen molar-refractivity contribution in [2.24, 2.45) is 5.14 Å². The van der Waals surface area contributed by atoms with Crippen LogP contribution in [0, 0.1) is 0 Å². The molecule has 0 fully saturated rings. The van der Waals surface area contributed by atoms with Gasteiger partial charge in [0.15, 0.2) is 0 Å². The molecule has 0 bridgehead atoms. The largest absolute Gasteiger partial charge is 0.497 e. The third-order valence-corrected chi connectivity index (χ3v) is 3.88. The summed E-state index contributed by atoms with van der Waals surface area (Å²) in [4.78, 5) is -0.0228. The van der Waals surface area contributed by atoms with Crippen LogP contribution in [0.25, 0.3) is 0 Å². The van der Waals surface area contributed by atoms with E-state index >= 15 is 0 Å². The summed E-state index contributed by atoms with van der Waals surface area (Å²) in [5.74, 6) is 0.735. The molecule has 0 saturated heterocycles. The average molecular weight is 307 g/mol. The van der Waals surface area contributed by atoms with Crippen LogP contribution in [0.4, 0.5) is 11.4 Å². The van der Waals surface area contributed by atoms with Gasteiger partial charge in [-0.1, -0.05) is 12.1 Å². The second kappa shape index (κ2) is 6.02. The van der Waals surface area contributed by atoms with Gasteiger partial charge in [-0.3, -0.25) is 0 Å². The average Bonchev–Trinajstić information content (AvgIpc) is 2.45. The second-order valence-electron chi connectivity index (χ2n) is 4.51. The molecule has 0 aromatic heterocycles. The number of rotatable bonds is 5. The fraction of sp³-hybridized carbons (Fsp3) is 0.143. The van der Waals surface area contributed by atoms with Crippen molar-refractivity contribution in [1.29, 1.82) is 0 Å². The summed E-state index contributed by atoms with van der Waals surface area (Å²) >= 11 is 0. The number of sulfonamides is 1. The zero-order valence-electron chi connectivity index (χ0n) is 11.5. The summed E-state index contributed by atoms with van der Waals surface area (Å²) in [5.41, 5.74) is 7.31. The van der Waals surface area contributed by atoms with Crippen LogP contribution >= 0.6 is 0 Å². The Morgan fingerprint density at radius 3 is 2.62 bits per heavy atom. The Bertz CT molecular complexity index is 745. The molecule has 0 aliphatic carbocycles. The minimum atomic E-state index is -3.84. The Balaban J connectivity index is 2.24. The van der Waals surface area contributed by atoms with Crippen LogP contribution in [0.2, 0.25) is 0 Å². The molecule has 0 aliphatic rings. The normalized spacial score (nSPS) is 11.1. The van der Waals surface area contributed by atoms with E-state index in [9.17, 15) is 8.42 Å². The molecular weight excluding hydrogens is 290 g/mol. The maximum absolute atomic E-state index is 11.6. The smallest absolute Gasteiger partial charge is 0.240 e. The number of ether oxygens (including phenoxy) is 1. The highest BCUT2D eigenvalue weighted by atomic mass is 32.2. The van der Waals surface area contributed by atoms with Gasteiger partial charge >= 0.3 is 0 Å². The monoisotopic (exact) mass is 307 g/mol. The lowest BCUT2D eigenvalue weighted by Crippen LogP contribution is -2.15. The Morgan fingerprint density at radius 2 is 1.95 bits per heavy atom. The molecule has 0 atom stereocenters. The molecule has 6 nitrogen and oxygen atoms in total. The number of primary sulfonamides is 1. The third kappa shape index (κ3) is 3.87. The van der Waals surface area contributed by atoms with Gasteiger partial charge in [0, 0.05) is 12.2 Å². The van der Waals surface area contributed by atoms with Gasteiger partial charge in [-0.25, -0.2) is 13.6 Å². The molecule has 0 unspecified atom stereocenters. The first-order chi connectivity index (χ1) is 9.90. The lowest BCUT2D eigenvalue weighted by atomic mass is 10.2. The Kier molecular flexibility index (Phi) is 4.35. The molecule has 0 spiro atoms. The summed E-state index contributed by atoms with van der Waals surface area (Å²) in [5, 5.41) is 8.24. The first-order valence-corrected chi connectivity index (χ1v) is 7.74. The molecule has 21 heavy (non-hydrogen) atoms. The maximum atomic E-state index is 11.6. The van der Waals surface area contributed by atoms with Gasteiger partial charge in [-0.2, -0.15) is 0 Å². The van der Waals surface area contributed by atoms with Gasteiger partial charge in [0.25, 0.3) is 0 Å². The van der Waals surface area contributed by atoms with E-state index in [1.807, 2.05) is 24.3 Å². The molecule has 2 aromatic rings. The van der Waals surface area contributed by atoms with E-state index in [-0.39, 0.29) is 4.90 Å². The van der Waals surface area contributed by atoms with E-state index in [0.717, 1.165) is 11.3 Å². The van der Waals surface area contributed by atoms with Gasteiger partial charge in [0.1, 0.15) is 10.6 Å². The van der Waals surface area contributed by atoms with Crippen molar-refractivity contribution in [3.63, 3.8) is 0 Å². The molecule has 7 heteroatoms. The molecule has 2 aromatic carbocycles. The van der Waals surface area contributed by atoms with E-state index in [0.29, 0.717) is 17.9 Å². The fourth-order valence-corrected chi connectivity index (χ4v) is 2.65. The SMILES string of the molecule is COc1cccc(CNc2ccc(N)cc2S(N)(=O)=O)c1. The van der Waals surface area contributed by atoms with Crippen LogP contribution in [0.15, 0.2) is 47.4 Å². The van der Waals surface area contributed by atoms with Crippen LogP contribution in [0.1, 0.15) is 5.56 Å². The zero-order chi connectivity index (χ0) is 15.5. The van der Waals surface area contributed by atoms with E-state index < -0.39 is 10.0 Å².